The van der Waals surface area contributed by atoms with E-state index in [0.29, 0.717) is 38.4 Å². The molecule has 1 aromatic heterocycles. The van der Waals surface area contributed by atoms with Crippen molar-refractivity contribution in [1.29, 1.82) is 0 Å². The first-order valence-corrected chi connectivity index (χ1v) is 11.0. The van der Waals surface area contributed by atoms with E-state index in [4.69, 9.17) is 0 Å². The molecule has 6 heteroatoms. The smallest absolute Gasteiger partial charge is 0.225 e. The lowest BCUT2D eigenvalue weighted by molar-refractivity contribution is -0.145. The quantitative estimate of drug-likeness (QED) is 0.848. The summed E-state index contributed by atoms with van der Waals surface area (Å²) < 4.78 is 0. The summed E-state index contributed by atoms with van der Waals surface area (Å²) in [5, 5.41) is 22.4. The fourth-order valence-electron chi connectivity index (χ4n) is 5.58. The van der Waals surface area contributed by atoms with Gasteiger partial charge in [-0.1, -0.05) is 37.1 Å². The third-order valence-electron chi connectivity index (χ3n) is 7.44. The molecule has 3 heterocycles. The van der Waals surface area contributed by atoms with E-state index in [0.717, 1.165) is 41.7 Å². The summed E-state index contributed by atoms with van der Waals surface area (Å²) >= 11 is 0. The van der Waals surface area contributed by atoms with Gasteiger partial charge in [0.2, 0.25) is 5.91 Å². The first kappa shape index (κ1) is 18.8. The highest BCUT2D eigenvalue weighted by molar-refractivity contribution is 5.93. The van der Waals surface area contributed by atoms with Crippen molar-refractivity contribution in [1.82, 2.24) is 15.1 Å². The third kappa shape index (κ3) is 3.27. The Morgan fingerprint density at radius 1 is 1.07 bits per heavy atom. The Morgan fingerprint density at radius 3 is 2.59 bits per heavy atom. The summed E-state index contributed by atoms with van der Waals surface area (Å²) in [6.07, 6.45) is 5.80. The van der Waals surface area contributed by atoms with Crippen molar-refractivity contribution < 1.29 is 9.90 Å². The Hall–Kier alpha value is -2.21. The Kier molecular flexibility index (Phi) is 4.69. The molecule has 154 valence electrons. The van der Waals surface area contributed by atoms with Gasteiger partial charge in [-0.3, -0.25) is 4.79 Å². The van der Waals surface area contributed by atoms with Gasteiger partial charge < -0.3 is 14.9 Å². The van der Waals surface area contributed by atoms with E-state index < -0.39 is 5.60 Å². The standard InChI is InChI=1S/C23H30N4O2/c1-16-19-8-4-5-9-20(19)21(25-24-16)26-12-10-23(29)11-13-27(15-18(23)14-26)22(28)17-6-2-3-7-17/h4-5,8-9,17-18,29H,2-3,6-7,10-15H2,1H3/t18-,23-/m1/s1. The second-order valence-corrected chi connectivity index (χ2v) is 9.17. The van der Waals surface area contributed by atoms with Crippen LogP contribution in [0.4, 0.5) is 5.82 Å². The van der Waals surface area contributed by atoms with Crippen molar-refractivity contribution in [3.8, 4) is 0 Å². The number of nitrogens with zero attached hydrogens (tertiary/aromatic N) is 4. The molecule has 2 saturated heterocycles. The number of fused-ring (bicyclic) bond motifs is 2. The first-order chi connectivity index (χ1) is 14.0. The predicted octanol–water partition coefficient (Wildman–Crippen LogP) is 2.92. The molecule has 1 saturated carbocycles. The molecule has 0 radical (unpaired) electrons. The summed E-state index contributed by atoms with van der Waals surface area (Å²) in [7, 11) is 0. The molecule has 2 aromatic rings. The Balaban J connectivity index is 1.38. The first-order valence-electron chi connectivity index (χ1n) is 11.0. The van der Waals surface area contributed by atoms with Gasteiger partial charge in [-0.2, -0.15) is 5.10 Å². The van der Waals surface area contributed by atoms with Crippen molar-refractivity contribution in [2.75, 3.05) is 31.1 Å². The van der Waals surface area contributed by atoms with Crippen LogP contribution < -0.4 is 4.90 Å². The molecular weight excluding hydrogens is 364 g/mol. The van der Waals surface area contributed by atoms with Crippen LogP contribution >= 0.6 is 0 Å². The average molecular weight is 395 g/mol. The number of anilines is 1. The number of hydrogen-bond acceptors (Lipinski definition) is 5. The van der Waals surface area contributed by atoms with Crippen LogP contribution in [0.3, 0.4) is 0 Å². The van der Waals surface area contributed by atoms with Crippen molar-refractivity contribution >= 4 is 22.5 Å². The zero-order valence-electron chi connectivity index (χ0n) is 17.2. The molecule has 0 spiro atoms. The van der Waals surface area contributed by atoms with Gasteiger partial charge in [0.15, 0.2) is 5.82 Å². The summed E-state index contributed by atoms with van der Waals surface area (Å²) in [6.45, 7) is 4.81. The molecule has 5 rings (SSSR count). The van der Waals surface area contributed by atoms with Gasteiger partial charge in [0.1, 0.15) is 0 Å². The molecular formula is C23H30N4O2. The highest BCUT2D eigenvalue weighted by Gasteiger charge is 2.47. The number of piperidine rings is 2. The summed E-state index contributed by atoms with van der Waals surface area (Å²) in [4.78, 5) is 17.2. The van der Waals surface area contributed by atoms with E-state index in [9.17, 15) is 9.90 Å². The number of aromatic nitrogens is 2. The molecule has 6 nitrogen and oxygen atoms in total. The van der Waals surface area contributed by atoms with E-state index in [1.807, 2.05) is 24.0 Å². The fourth-order valence-corrected chi connectivity index (χ4v) is 5.58. The van der Waals surface area contributed by atoms with Gasteiger partial charge in [0, 0.05) is 48.8 Å². The maximum Gasteiger partial charge on any atom is 0.225 e. The number of carbonyl (C=O) groups is 1. The highest BCUT2D eigenvalue weighted by Crippen LogP contribution is 2.39. The lowest BCUT2D eigenvalue weighted by Crippen LogP contribution is -2.61. The average Bonchev–Trinajstić information content (AvgIpc) is 3.28. The molecule has 1 aromatic carbocycles. The topological polar surface area (TPSA) is 69.6 Å². The number of rotatable bonds is 2. The molecule has 3 fully saturated rings. The number of aryl methyl sites for hydroxylation is 1. The monoisotopic (exact) mass is 394 g/mol. The Labute approximate surface area is 171 Å². The van der Waals surface area contributed by atoms with Gasteiger partial charge in [-0.15, -0.1) is 5.10 Å². The highest BCUT2D eigenvalue weighted by atomic mass is 16.3. The Bertz CT molecular complexity index is 926. The molecule has 29 heavy (non-hydrogen) atoms. The van der Waals surface area contributed by atoms with E-state index >= 15 is 0 Å². The second-order valence-electron chi connectivity index (χ2n) is 9.17. The van der Waals surface area contributed by atoms with Gasteiger partial charge in [0.25, 0.3) is 0 Å². The Morgan fingerprint density at radius 2 is 1.79 bits per heavy atom. The van der Waals surface area contributed by atoms with Crippen molar-refractivity contribution in [3.63, 3.8) is 0 Å². The molecule has 1 amide bonds. The molecule has 1 aliphatic carbocycles. The zero-order valence-corrected chi connectivity index (χ0v) is 17.2. The van der Waals surface area contributed by atoms with Gasteiger partial charge >= 0.3 is 0 Å². The van der Waals surface area contributed by atoms with E-state index in [2.05, 4.69) is 27.2 Å². The molecule has 2 aliphatic heterocycles. The lowest BCUT2D eigenvalue weighted by atomic mass is 9.75. The minimum atomic E-state index is -0.670. The minimum absolute atomic E-state index is 0.0530. The minimum Gasteiger partial charge on any atom is -0.389 e. The third-order valence-corrected chi connectivity index (χ3v) is 7.44. The maximum absolute atomic E-state index is 13.0. The van der Waals surface area contributed by atoms with Crippen LogP contribution in [-0.4, -0.2) is 57.9 Å². The molecule has 0 unspecified atom stereocenters. The molecule has 1 N–H and O–H groups in total. The molecule has 2 atom stereocenters. The van der Waals surface area contributed by atoms with Crippen LogP contribution in [0.25, 0.3) is 10.8 Å². The molecule has 0 bridgehead atoms. The number of carbonyl (C=O) groups excluding carboxylic acids is 1. The van der Waals surface area contributed by atoms with Crippen molar-refractivity contribution in [2.24, 2.45) is 11.8 Å². The number of benzene rings is 1. The second kappa shape index (κ2) is 7.24. The fraction of sp³-hybridized carbons (Fsp3) is 0.609. The largest absolute Gasteiger partial charge is 0.389 e. The van der Waals surface area contributed by atoms with Crippen LogP contribution in [0, 0.1) is 18.8 Å². The number of likely N-dealkylation sites (tertiary alicyclic amines) is 1. The summed E-state index contributed by atoms with van der Waals surface area (Å²) in [5.74, 6) is 1.46. The summed E-state index contributed by atoms with van der Waals surface area (Å²) in [6, 6.07) is 8.26. The SMILES string of the molecule is Cc1nnc(N2CC[C@@]3(O)CCN(C(=O)C4CCCC4)C[C@H]3C2)c2ccccc12. The van der Waals surface area contributed by atoms with Crippen LogP contribution in [0.5, 0.6) is 0 Å². The van der Waals surface area contributed by atoms with Crippen LogP contribution in [0.15, 0.2) is 24.3 Å². The van der Waals surface area contributed by atoms with E-state index in [-0.39, 0.29) is 11.8 Å². The lowest BCUT2D eigenvalue weighted by Gasteiger charge is -2.50. The van der Waals surface area contributed by atoms with Gasteiger partial charge in [-0.05, 0) is 32.6 Å². The summed E-state index contributed by atoms with van der Waals surface area (Å²) in [5.41, 5.74) is 0.264. The normalized spacial score (nSPS) is 28.0. The van der Waals surface area contributed by atoms with Crippen LogP contribution in [-0.2, 0) is 4.79 Å². The van der Waals surface area contributed by atoms with Crippen molar-refractivity contribution in [2.45, 2.75) is 51.0 Å². The number of hydrogen-bond donors (Lipinski definition) is 1. The van der Waals surface area contributed by atoms with Crippen molar-refractivity contribution in [3.05, 3.63) is 30.0 Å². The van der Waals surface area contributed by atoms with E-state index in [1.54, 1.807) is 0 Å². The number of amides is 1. The number of aliphatic hydroxyl groups is 1. The maximum atomic E-state index is 13.0. The van der Waals surface area contributed by atoms with Crippen LogP contribution in [0.1, 0.15) is 44.2 Å². The van der Waals surface area contributed by atoms with Crippen LogP contribution in [0.2, 0.25) is 0 Å². The van der Waals surface area contributed by atoms with Gasteiger partial charge in [0.05, 0.1) is 11.3 Å². The zero-order chi connectivity index (χ0) is 20.0. The molecule has 3 aliphatic rings. The van der Waals surface area contributed by atoms with Gasteiger partial charge in [-0.25, -0.2) is 0 Å². The van der Waals surface area contributed by atoms with E-state index in [1.165, 1.54) is 12.8 Å². The predicted molar refractivity (Wildman–Crippen MR) is 113 cm³/mol.